The van der Waals surface area contributed by atoms with Crippen molar-refractivity contribution in [3.63, 3.8) is 0 Å². The number of nitrogens with zero attached hydrogens (tertiary/aromatic N) is 1. The van der Waals surface area contributed by atoms with Gasteiger partial charge in [0.2, 0.25) is 0 Å². The van der Waals surface area contributed by atoms with Crippen LogP contribution in [0.3, 0.4) is 0 Å². The summed E-state index contributed by atoms with van der Waals surface area (Å²) in [6.45, 7) is 5.87. The molecule has 104 valence electrons. The summed E-state index contributed by atoms with van der Waals surface area (Å²) in [5.74, 6) is 0. The van der Waals surface area contributed by atoms with E-state index in [2.05, 4.69) is 39.8 Å². The highest BCUT2D eigenvalue weighted by Crippen LogP contribution is 2.27. The molecule has 19 heavy (non-hydrogen) atoms. The summed E-state index contributed by atoms with van der Waals surface area (Å²) in [5, 5.41) is 7.14. The van der Waals surface area contributed by atoms with Crippen LogP contribution in [0.1, 0.15) is 24.8 Å². The Balaban J connectivity index is 1.39. The molecule has 0 saturated carbocycles. The van der Waals surface area contributed by atoms with E-state index >= 15 is 0 Å². The number of fused-ring (bicyclic) bond motifs is 1. The van der Waals surface area contributed by atoms with Gasteiger partial charge in [-0.3, -0.25) is 0 Å². The molecule has 0 aliphatic carbocycles. The lowest BCUT2D eigenvalue weighted by Crippen LogP contribution is -2.43. The van der Waals surface area contributed by atoms with Crippen molar-refractivity contribution in [1.82, 2.24) is 10.6 Å². The molecule has 3 rings (SSSR count). The largest absolute Gasteiger partial charge is 0.371 e. The molecule has 0 bridgehead atoms. The van der Waals surface area contributed by atoms with Crippen LogP contribution in [0.4, 0.5) is 5.69 Å². The third-order valence-corrected chi connectivity index (χ3v) is 4.32. The highest BCUT2D eigenvalue weighted by Gasteiger charge is 2.17. The minimum Gasteiger partial charge on any atom is -0.371 e. The number of piperidine rings is 1. The molecule has 1 saturated heterocycles. The van der Waals surface area contributed by atoms with Crippen LogP contribution < -0.4 is 15.5 Å². The van der Waals surface area contributed by atoms with Crippen LogP contribution in [-0.2, 0) is 6.42 Å². The first-order valence-electron chi connectivity index (χ1n) is 7.70. The first kappa shape index (κ1) is 12.9. The molecule has 0 radical (unpaired) electrons. The SMILES string of the molecule is c1ccc2c(c1)CCN2CCCNC1CCCNC1. The molecule has 0 aromatic heterocycles. The van der Waals surface area contributed by atoms with E-state index in [-0.39, 0.29) is 0 Å². The lowest BCUT2D eigenvalue weighted by Gasteiger charge is -2.25. The number of anilines is 1. The predicted molar refractivity (Wildman–Crippen MR) is 80.9 cm³/mol. The van der Waals surface area contributed by atoms with Crippen LogP contribution in [-0.4, -0.2) is 38.8 Å². The zero-order valence-electron chi connectivity index (χ0n) is 11.7. The van der Waals surface area contributed by atoms with Gasteiger partial charge in [0.15, 0.2) is 0 Å². The Kier molecular flexibility index (Phi) is 4.36. The van der Waals surface area contributed by atoms with E-state index < -0.39 is 0 Å². The fourth-order valence-electron chi connectivity index (χ4n) is 3.24. The van der Waals surface area contributed by atoms with Crippen LogP contribution in [0, 0.1) is 0 Å². The van der Waals surface area contributed by atoms with Crippen molar-refractivity contribution in [2.75, 3.05) is 37.6 Å². The minimum atomic E-state index is 0.694. The van der Waals surface area contributed by atoms with E-state index in [9.17, 15) is 0 Å². The molecule has 2 aliphatic heterocycles. The van der Waals surface area contributed by atoms with Gasteiger partial charge in [0.1, 0.15) is 0 Å². The Morgan fingerprint density at radius 3 is 3.16 bits per heavy atom. The summed E-state index contributed by atoms with van der Waals surface area (Å²) in [4.78, 5) is 2.54. The van der Waals surface area contributed by atoms with Gasteiger partial charge in [0.25, 0.3) is 0 Å². The Morgan fingerprint density at radius 1 is 1.32 bits per heavy atom. The second-order valence-electron chi connectivity index (χ2n) is 5.72. The standard InChI is InChI=1S/C16H25N3/c1-2-7-16-14(5-1)8-12-19(16)11-4-10-18-15-6-3-9-17-13-15/h1-2,5,7,15,17-18H,3-4,6,8-13H2. The molecule has 1 fully saturated rings. The van der Waals surface area contributed by atoms with Gasteiger partial charge >= 0.3 is 0 Å². The summed E-state index contributed by atoms with van der Waals surface area (Å²) < 4.78 is 0. The molecule has 3 nitrogen and oxygen atoms in total. The van der Waals surface area contributed by atoms with Crippen molar-refractivity contribution in [2.24, 2.45) is 0 Å². The van der Waals surface area contributed by atoms with Crippen molar-refractivity contribution >= 4 is 5.69 Å². The third-order valence-electron chi connectivity index (χ3n) is 4.32. The average Bonchev–Trinajstić information content (AvgIpc) is 2.88. The molecule has 2 heterocycles. The first-order valence-corrected chi connectivity index (χ1v) is 7.70. The summed E-state index contributed by atoms with van der Waals surface area (Å²) in [6, 6.07) is 9.53. The lowest BCUT2D eigenvalue weighted by atomic mass is 10.1. The fraction of sp³-hybridized carbons (Fsp3) is 0.625. The topological polar surface area (TPSA) is 27.3 Å². The molecule has 1 atom stereocenters. The second-order valence-corrected chi connectivity index (χ2v) is 5.72. The van der Waals surface area contributed by atoms with Gasteiger partial charge in [0.05, 0.1) is 0 Å². The van der Waals surface area contributed by atoms with Gasteiger partial charge in [0, 0.05) is 31.4 Å². The zero-order valence-corrected chi connectivity index (χ0v) is 11.7. The molecule has 2 aliphatic rings. The van der Waals surface area contributed by atoms with E-state index in [1.54, 1.807) is 0 Å². The third kappa shape index (κ3) is 3.28. The van der Waals surface area contributed by atoms with Crippen LogP contribution >= 0.6 is 0 Å². The molecular formula is C16H25N3. The van der Waals surface area contributed by atoms with E-state index in [0.717, 1.165) is 13.1 Å². The van der Waals surface area contributed by atoms with Gasteiger partial charge in [-0.15, -0.1) is 0 Å². The van der Waals surface area contributed by atoms with Crippen molar-refractivity contribution in [3.8, 4) is 0 Å². The number of nitrogens with one attached hydrogen (secondary N) is 2. The van der Waals surface area contributed by atoms with Crippen molar-refractivity contribution in [1.29, 1.82) is 0 Å². The van der Waals surface area contributed by atoms with Gasteiger partial charge in [-0.25, -0.2) is 0 Å². The predicted octanol–water partition coefficient (Wildman–Crippen LogP) is 1.78. The molecule has 3 heteroatoms. The van der Waals surface area contributed by atoms with E-state index in [0.29, 0.717) is 6.04 Å². The number of rotatable bonds is 5. The van der Waals surface area contributed by atoms with E-state index in [4.69, 9.17) is 0 Å². The van der Waals surface area contributed by atoms with E-state index in [1.165, 1.54) is 56.6 Å². The van der Waals surface area contributed by atoms with Gasteiger partial charge < -0.3 is 15.5 Å². The quantitative estimate of drug-likeness (QED) is 0.789. The summed E-state index contributed by atoms with van der Waals surface area (Å²) in [6.07, 6.45) is 5.11. The van der Waals surface area contributed by atoms with Crippen LogP contribution in [0.5, 0.6) is 0 Å². The van der Waals surface area contributed by atoms with Crippen LogP contribution in [0.2, 0.25) is 0 Å². The molecule has 2 N–H and O–H groups in total. The van der Waals surface area contributed by atoms with Gasteiger partial charge in [-0.05, 0) is 50.4 Å². The fourth-order valence-corrected chi connectivity index (χ4v) is 3.24. The molecule has 1 unspecified atom stereocenters. The monoisotopic (exact) mass is 259 g/mol. The Bertz CT molecular complexity index is 399. The highest BCUT2D eigenvalue weighted by molar-refractivity contribution is 5.57. The lowest BCUT2D eigenvalue weighted by molar-refractivity contribution is 0.389. The van der Waals surface area contributed by atoms with E-state index in [1.807, 2.05) is 0 Å². The smallest absolute Gasteiger partial charge is 0.0399 e. The van der Waals surface area contributed by atoms with Crippen LogP contribution in [0.15, 0.2) is 24.3 Å². The van der Waals surface area contributed by atoms with Crippen molar-refractivity contribution in [2.45, 2.75) is 31.7 Å². The molecular weight excluding hydrogens is 234 g/mol. The van der Waals surface area contributed by atoms with Crippen molar-refractivity contribution in [3.05, 3.63) is 29.8 Å². The number of benzene rings is 1. The summed E-state index contributed by atoms with van der Waals surface area (Å²) >= 11 is 0. The Morgan fingerprint density at radius 2 is 2.26 bits per heavy atom. The van der Waals surface area contributed by atoms with Crippen molar-refractivity contribution < 1.29 is 0 Å². The number of hydrogen-bond acceptors (Lipinski definition) is 3. The maximum atomic E-state index is 3.68. The number of para-hydroxylation sites is 1. The maximum Gasteiger partial charge on any atom is 0.0399 e. The first-order chi connectivity index (χ1) is 9.43. The second kappa shape index (κ2) is 6.40. The molecule has 0 amide bonds. The van der Waals surface area contributed by atoms with Crippen LogP contribution in [0.25, 0.3) is 0 Å². The summed E-state index contributed by atoms with van der Waals surface area (Å²) in [7, 11) is 0. The minimum absolute atomic E-state index is 0.694. The normalized spacial score (nSPS) is 22.5. The Labute approximate surface area is 116 Å². The highest BCUT2D eigenvalue weighted by atomic mass is 15.1. The number of hydrogen-bond donors (Lipinski definition) is 2. The van der Waals surface area contributed by atoms with Gasteiger partial charge in [-0.2, -0.15) is 0 Å². The maximum absolute atomic E-state index is 3.68. The summed E-state index contributed by atoms with van der Waals surface area (Å²) in [5.41, 5.74) is 2.98. The molecule has 1 aromatic rings. The average molecular weight is 259 g/mol. The zero-order chi connectivity index (χ0) is 12.9. The molecule has 0 spiro atoms. The van der Waals surface area contributed by atoms with Gasteiger partial charge in [-0.1, -0.05) is 18.2 Å². The molecule has 1 aromatic carbocycles. The Hall–Kier alpha value is -1.06.